The van der Waals surface area contributed by atoms with E-state index >= 15 is 0 Å². The standard InChI is InChI=1S/C12H15FO3S/c1-3-16-11(15)12(13,9(2)14)17-10-7-5-4-6-8-10/h4-9,14H,3H2,1-2H3. The highest BCUT2D eigenvalue weighted by Crippen LogP contribution is 2.38. The first kappa shape index (κ1) is 14.0. The van der Waals surface area contributed by atoms with E-state index in [1.807, 2.05) is 0 Å². The lowest BCUT2D eigenvalue weighted by Gasteiger charge is -2.25. The molecule has 0 saturated carbocycles. The number of ether oxygens (including phenoxy) is 1. The molecule has 0 spiro atoms. The number of aliphatic hydroxyl groups is 1. The number of hydrogen-bond donors (Lipinski definition) is 1. The number of rotatable bonds is 5. The molecule has 0 fully saturated rings. The van der Waals surface area contributed by atoms with Crippen LogP contribution in [0.5, 0.6) is 0 Å². The summed E-state index contributed by atoms with van der Waals surface area (Å²) in [6.07, 6.45) is -1.45. The van der Waals surface area contributed by atoms with Crippen LogP contribution < -0.4 is 0 Å². The van der Waals surface area contributed by atoms with E-state index in [9.17, 15) is 14.3 Å². The van der Waals surface area contributed by atoms with E-state index in [4.69, 9.17) is 0 Å². The van der Waals surface area contributed by atoms with Gasteiger partial charge in [-0.15, -0.1) is 0 Å². The molecule has 1 aromatic rings. The summed E-state index contributed by atoms with van der Waals surface area (Å²) >= 11 is 0.656. The van der Waals surface area contributed by atoms with Crippen LogP contribution in [0, 0.1) is 0 Å². The van der Waals surface area contributed by atoms with Gasteiger partial charge < -0.3 is 9.84 Å². The van der Waals surface area contributed by atoms with Crippen molar-refractivity contribution >= 4 is 17.7 Å². The number of carbonyl (C=O) groups is 1. The molecule has 0 aromatic heterocycles. The summed E-state index contributed by atoms with van der Waals surface area (Å²) in [6, 6.07) is 8.59. The number of thioether (sulfide) groups is 1. The highest BCUT2D eigenvalue weighted by atomic mass is 32.2. The summed E-state index contributed by atoms with van der Waals surface area (Å²) in [5.41, 5.74) is 0. The van der Waals surface area contributed by atoms with Crippen LogP contribution in [0.25, 0.3) is 0 Å². The molecule has 0 heterocycles. The highest BCUT2D eigenvalue weighted by molar-refractivity contribution is 8.01. The number of aliphatic hydroxyl groups excluding tert-OH is 1. The molecule has 0 radical (unpaired) electrons. The van der Waals surface area contributed by atoms with Gasteiger partial charge in [-0.25, -0.2) is 9.18 Å². The van der Waals surface area contributed by atoms with Crippen LogP contribution in [-0.2, 0) is 9.53 Å². The Balaban J connectivity index is 2.89. The summed E-state index contributed by atoms with van der Waals surface area (Å²) in [4.78, 5) is 12.1. The van der Waals surface area contributed by atoms with Crippen LogP contribution in [0.1, 0.15) is 13.8 Å². The van der Waals surface area contributed by atoms with Crippen molar-refractivity contribution in [1.29, 1.82) is 0 Å². The molecule has 0 amide bonds. The molecule has 1 aromatic carbocycles. The highest BCUT2D eigenvalue weighted by Gasteiger charge is 2.46. The molecule has 0 bridgehead atoms. The van der Waals surface area contributed by atoms with Gasteiger partial charge in [-0.05, 0) is 26.0 Å². The monoisotopic (exact) mass is 258 g/mol. The van der Waals surface area contributed by atoms with Crippen molar-refractivity contribution in [2.24, 2.45) is 0 Å². The summed E-state index contributed by atoms with van der Waals surface area (Å²) in [6.45, 7) is 2.90. The van der Waals surface area contributed by atoms with Gasteiger partial charge in [0.25, 0.3) is 5.00 Å². The Labute approximate surface area is 104 Å². The van der Waals surface area contributed by atoms with Crippen molar-refractivity contribution in [2.45, 2.75) is 29.8 Å². The first-order valence-electron chi connectivity index (χ1n) is 5.29. The van der Waals surface area contributed by atoms with E-state index in [0.717, 1.165) is 0 Å². The minimum absolute atomic E-state index is 0.0760. The quantitative estimate of drug-likeness (QED) is 0.650. The third-order valence-corrected chi connectivity index (χ3v) is 3.41. The zero-order valence-electron chi connectivity index (χ0n) is 9.72. The molecule has 5 heteroatoms. The van der Waals surface area contributed by atoms with Crippen LogP contribution in [0.3, 0.4) is 0 Å². The second-order valence-corrected chi connectivity index (χ2v) is 4.73. The molecular formula is C12H15FO3S. The van der Waals surface area contributed by atoms with Gasteiger partial charge in [0.15, 0.2) is 0 Å². The number of carbonyl (C=O) groups excluding carboxylic acids is 1. The Hall–Kier alpha value is -1.07. The zero-order chi connectivity index (χ0) is 12.9. The topological polar surface area (TPSA) is 46.5 Å². The lowest BCUT2D eigenvalue weighted by atomic mass is 10.2. The van der Waals surface area contributed by atoms with Gasteiger partial charge >= 0.3 is 5.97 Å². The van der Waals surface area contributed by atoms with Crippen LogP contribution in [-0.4, -0.2) is 28.8 Å². The number of halogens is 1. The first-order chi connectivity index (χ1) is 8.00. The Bertz CT molecular complexity index is 369. The predicted octanol–water partition coefficient (Wildman–Crippen LogP) is 2.39. The van der Waals surface area contributed by atoms with Gasteiger partial charge in [-0.2, -0.15) is 0 Å². The van der Waals surface area contributed by atoms with Crippen LogP contribution in [0.15, 0.2) is 35.2 Å². The fourth-order valence-electron chi connectivity index (χ4n) is 1.19. The zero-order valence-corrected chi connectivity index (χ0v) is 10.5. The molecule has 0 aliphatic heterocycles. The Morgan fingerprint density at radius 3 is 2.59 bits per heavy atom. The van der Waals surface area contributed by atoms with Crippen LogP contribution in [0.2, 0.25) is 0 Å². The van der Waals surface area contributed by atoms with Crippen molar-refractivity contribution in [2.75, 3.05) is 6.61 Å². The normalized spacial score (nSPS) is 16.0. The van der Waals surface area contributed by atoms with E-state index in [2.05, 4.69) is 4.74 Å². The minimum atomic E-state index is -2.47. The maximum absolute atomic E-state index is 14.4. The van der Waals surface area contributed by atoms with Crippen molar-refractivity contribution < 1.29 is 19.0 Å². The van der Waals surface area contributed by atoms with E-state index in [0.29, 0.717) is 16.7 Å². The van der Waals surface area contributed by atoms with E-state index < -0.39 is 17.1 Å². The van der Waals surface area contributed by atoms with Gasteiger partial charge in [0, 0.05) is 4.90 Å². The first-order valence-corrected chi connectivity index (χ1v) is 6.10. The van der Waals surface area contributed by atoms with Gasteiger partial charge in [-0.3, -0.25) is 0 Å². The largest absolute Gasteiger partial charge is 0.463 e. The molecule has 0 aliphatic rings. The molecule has 94 valence electrons. The predicted molar refractivity (Wildman–Crippen MR) is 64.5 cm³/mol. The average molecular weight is 258 g/mol. The molecule has 1 N–H and O–H groups in total. The third-order valence-electron chi connectivity index (χ3n) is 2.10. The smallest absolute Gasteiger partial charge is 0.357 e. The van der Waals surface area contributed by atoms with Gasteiger partial charge in [0.2, 0.25) is 0 Å². The maximum atomic E-state index is 14.4. The lowest BCUT2D eigenvalue weighted by Crippen LogP contribution is -2.42. The molecule has 2 unspecified atom stereocenters. The summed E-state index contributed by atoms with van der Waals surface area (Å²) in [5.74, 6) is -1.05. The van der Waals surface area contributed by atoms with Crippen LogP contribution in [0.4, 0.5) is 4.39 Å². The second kappa shape index (κ2) is 6.02. The second-order valence-electron chi connectivity index (χ2n) is 3.46. The number of alkyl halides is 1. The SMILES string of the molecule is CCOC(=O)C(F)(Sc1ccccc1)C(C)O. The molecule has 2 atom stereocenters. The molecule has 1 rings (SSSR count). The van der Waals surface area contributed by atoms with Crippen LogP contribution >= 0.6 is 11.8 Å². The molecule has 17 heavy (non-hydrogen) atoms. The third kappa shape index (κ3) is 3.44. The summed E-state index contributed by atoms with van der Waals surface area (Å²) < 4.78 is 19.1. The van der Waals surface area contributed by atoms with Crippen molar-refractivity contribution in [3.05, 3.63) is 30.3 Å². The Morgan fingerprint density at radius 1 is 1.53 bits per heavy atom. The lowest BCUT2D eigenvalue weighted by molar-refractivity contribution is -0.155. The van der Waals surface area contributed by atoms with E-state index in [-0.39, 0.29) is 6.61 Å². The fourth-order valence-corrected chi connectivity index (χ4v) is 2.14. The van der Waals surface area contributed by atoms with E-state index in [1.165, 1.54) is 6.92 Å². The van der Waals surface area contributed by atoms with E-state index in [1.54, 1.807) is 37.3 Å². The summed E-state index contributed by atoms with van der Waals surface area (Å²) in [7, 11) is 0. The minimum Gasteiger partial charge on any atom is -0.463 e. The van der Waals surface area contributed by atoms with Gasteiger partial charge in [-0.1, -0.05) is 30.0 Å². The molecule has 0 saturated heterocycles. The average Bonchev–Trinajstić information content (AvgIpc) is 2.30. The van der Waals surface area contributed by atoms with Gasteiger partial charge in [0.05, 0.1) is 6.61 Å². The fraction of sp³-hybridized carbons (Fsp3) is 0.417. The molecule has 3 nitrogen and oxygen atoms in total. The molecule has 0 aliphatic carbocycles. The van der Waals surface area contributed by atoms with Gasteiger partial charge in [0.1, 0.15) is 6.10 Å². The van der Waals surface area contributed by atoms with Crippen molar-refractivity contribution in [3.8, 4) is 0 Å². The number of hydrogen-bond acceptors (Lipinski definition) is 4. The Morgan fingerprint density at radius 2 is 2.12 bits per heavy atom. The number of benzene rings is 1. The van der Waals surface area contributed by atoms with Crippen molar-refractivity contribution in [3.63, 3.8) is 0 Å². The molecular weight excluding hydrogens is 243 g/mol. The maximum Gasteiger partial charge on any atom is 0.357 e. The summed E-state index contributed by atoms with van der Waals surface area (Å²) in [5, 5.41) is 6.96. The number of esters is 1. The Kier molecular flexibility index (Phi) is 4.96. The van der Waals surface area contributed by atoms with Crippen molar-refractivity contribution in [1.82, 2.24) is 0 Å².